The van der Waals surface area contributed by atoms with Crippen LogP contribution in [0.15, 0.2) is 45.9 Å². The SMILES string of the molecule is Cc1ccc(C)c(S(=O)(=O)NNC(=O)c2ccco2)c1. The minimum absolute atomic E-state index is 0.0219. The number of hydrazine groups is 1. The zero-order chi connectivity index (χ0) is 14.8. The molecule has 6 nitrogen and oxygen atoms in total. The van der Waals surface area contributed by atoms with Crippen LogP contribution in [0.25, 0.3) is 0 Å². The molecule has 0 spiro atoms. The van der Waals surface area contributed by atoms with Crippen molar-refractivity contribution in [1.82, 2.24) is 10.3 Å². The van der Waals surface area contributed by atoms with Crippen molar-refractivity contribution in [3.8, 4) is 0 Å². The van der Waals surface area contributed by atoms with E-state index in [4.69, 9.17) is 4.42 Å². The van der Waals surface area contributed by atoms with Gasteiger partial charge >= 0.3 is 5.91 Å². The van der Waals surface area contributed by atoms with Crippen LogP contribution >= 0.6 is 0 Å². The van der Waals surface area contributed by atoms with Gasteiger partial charge in [0.25, 0.3) is 10.0 Å². The molecule has 0 fully saturated rings. The van der Waals surface area contributed by atoms with Crippen LogP contribution in [0.3, 0.4) is 0 Å². The van der Waals surface area contributed by atoms with Crippen LogP contribution in [0.2, 0.25) is 0 Å². The summed E-state index contributed by atoms with van der Waals surface area (Å²) in [5.41, 5.74) is 3.51. The van der Waals surface area contributed by atoms with Crippen LogP contribution in [-0.2, 0) is 10.0 Å². The predicted octanol–water partition coefficient (Wildman–Crippen LogP) is 1.52. The molecule has 0 radical (unpaired) electrons. The molecule has 0 aliphatic rings. The molecule has 7 heteroatoms. The Morgan fingerprint density at radius 3 is 2.60 bits per heavy atom. The van der Waals surface area contributed by atoms with E-state index < -0.39 is 15.9 Å². The lowest BCUT2D eigenvalue weighted by atomic mass is 10.2. The molecule has 106 valence electrons. The fourth-order valence-electron chi connectivity index (χ4n) is 1.63. The summed E-state index contributed by atoms with van der Waals surface area (Å²) >= 11 is 0. The van der Waals surface area contributed by atoms with Crippen molar-refractivity contribution in [3.05, 3.63) is 53.5 Å². The first-order valence-electron chi connectivity index (χ1n) is 5.83. The Labute approximate surface area is 116 Å². The second kappa shape index (κ2) is 5.48. The van der Waals surface area contributed by atoms with Crippen LogP contribution in [0.4, 0.5) is 0 Å². The Kier molecular flexibility index (Phi) is 3.91. The molecule has 1 amide bonds. The highest BCUT2D eigenvalue weighted by Gasteiger charge is 2.18. The summed E-state index contributed by atoms with van der Waals surface area (Å²) in [6, 6.07) is 8.03. The standard InChI is InChI=1S/C13H14N2O4S/c1-9-5-6-10(2)12(8-9)20(17,18)15-14-13(16)11-4-3-7-19-11/h3-8,15H,1-2H3,(H,14,16). The topological polar surface area (TPSA) is 88.4 Å². The Bertz CT molecular complexity index is 721. The molecular weight excluding hydrogens is 280 g/mol. The zero-order valence-electron chi connectivity index (χ0n) is 11.0. The number of nitrogens with one attached hydrogen (secondary N) is 2. The van der Waals surface area contributed by atoms with Gasteiger partial charge in [0.2, 0.25) is 0 Å². The summed E-state index contributed by atoms with van der Waals surface area (Å²) in [4.78, 5) is 13.8. The minimum atomic E-state index is -3.82. The first-order valence-corrected chi connectivity index (χ1v) is 7.31. The normalized spacial score (nSPS) is 11.3. The maximum Gasteiger partial charge on any atom is 0.301 e. The highest BCUT2D eigenvalue weighted by atomic mass is 32.2. The van der Waals surface area contributed by atoms with Crippen molar-refractivity contribution >= 4 is 15.9 Å². The van der Waals surface area contributed by atoms with E-state index in [1.54, 1.807) is 19.9 Å². The van der Waals surface area contributed by atoms with Gasteiger partial charge < -0.3 is 4.42 Å². The molecule has 0 saturated carbocycles. The fraction of sp³-hybridized carbons (Fsp3) is 0.154. The molecule has 0 aliphatic carbocycles. The zero-order valence-corrected chi connectivity index (χ0v) is 11.8. The Morgan fingerprint density at radius 1 is 1.20 bits per heavy atom. The maximum atomic E-state index is 12.1. The Morgan fingerprint density at radius 2 is 1.95 bits per heavy atom. The van der Waals surface area contributed by atoms with E-state index in [2.05, 4.69) is 5.43 Å². The van der Waals surface area contributed by atoms with Gasteiger partial charge in [0, 0.05) is 0 Å². The highest BCUT2D eigenvalue weighted by molar-refractivity contribution is 7.89. The van der Waals surface area contributed by atoms with Crippen LogP contribution in [0.1, 0.15) is 21.7 Å². The number of furan rings is 1. The number of hydrogen-bond acceptors (Lipinski definition) is 4. The largest absolute Gasteiger partial charge is 0.459 e. The third kappa shape index (κ3) is 3.06. The van der Waals surface area contributed by atoms with E-state index in [1.807, 2.05) is 10.9 Å². The molecule has 2 N–H and O–H groups in total. The first kappa shape index (κ1) is 14.3. The minimum Gasteiger partial charge on any atom is -0.459 e. The summed E-state index contributed by atoms with van der Waals surface area (Å²) in [6.07, 6.45) is 1.33. The molecule has 0 aliphatic heterocycles. The number of sulfonamides is 1. The third-order valence-electron chi connectivity index (χ3n) is 2.68. The second-order valence-electron chi connectivity index (χ2n) is 4.31. The average Bonchev–Trinajstić information content (AvgIpc) is 2.93. The van der Waals surface area contributed by atoms with Crippen molar-refractivity contribution in [2.24, 2.45) is 0 Å². The summed E-state index contributed by atoms with van der Waals surface area (Å²) in [5.74, 6) is -0.641. The third-order valence-corrected chi connectivity index (χ3v) is 4.07. The Hall–Kier alpha value is -2.12. The van der Waals surface area contributed by atoms with Crippen LogP contribution in [0.5, 0.6) is 0 Å². The maximum absolute atomic E-state index is 12.1. The van der Waals surface area contributed by atoms with E-state index in [0.29, 0.717) is 5.56 Å². The van der Waals surface area contributed by atoms with E-state index in [1.165, 1.54) is 24.5 Å². The molecule has 0 saturated heterocycles. The smallest absolute Gasteiger partial charge is 0.301 e. The van der Waals surface area contributed by atoms with E-state index >= 15 is 0 Å². The highest BCUT2D eigenvalue weighted by Crippen LogP contribution is 2.16. The predicted molar refractivity (Wildman–Crippen MR) is 72.4 cm³/mol. The monoisotopic (exact) mass is 294 g/mol. The van der Waals surface area contributed by atoms with Crippen molar-refractivity contribution < 1.29 is 17.6 Å². The van der Waals surface area contributed by atoms with Gasteiger partial charge in [-0.1, -0.05) is 12.1 Å². The van der Waals surface area contributed by atoms with Gasteiger partial charge in [-0.25, -0.2) is 8.42 Å². The summed E-state index contributed by atoms with van der Waals surface area (Å²) in [6.45, 7) is 3.47. The summed E-state index contributed by atoms with van der Waals surface area (Å²) in [7, 11) is -3.82. The fourth-order valence-corrected chi connectivity index (χ4v) is 2.80. The van der Waals surface area contributed by atoms with Crippen LogP contribution in [-0.4, -0.2) is 14.3 Å². The van der Waals surface area contributed by atoms with Crippen molar-refractivity contribution in [2.45, 2.75) is 18.7 Å². The number of aryl methyl sites for hydroxylation is 2. The second-order valence-corrected chi connectivity index (χ2v) is 5.96. The van der Waals surface area contributed by atoms with Crippen molar-refractivity contribution in [3.63, 3.8) is 0 Å². The quantitative estimate of drug-likeness (QED) is 0.837. The summed E-state index contributed by atoms with van der Waals surface area (Å²) in [5, 5.41) is 0. The van der Waals surface area contributed by atoms with Crippen molar-refractivity contribution in [1.29, 1.82) is 0 Å². The van der Waals surface area contributed by atoms with Gasteiger partial charge in [-0.15, -0.1) is 4.83 Å². The molecule has 2 aromatic rings. The van der Waals surface area contributed by atoms with Gasteiger partial charge in [0.15, 0.2) is 5.76 Å². The van der Waals surface area contributed by atoms with Gasteiger partial charge in [-0.05, 0) is 43.2 Å². The molecule has 0 unspecified atom stereocenters. The molecular formula is C13H14N2O4S. The molecule has 1 heterocycles. The molecule has 0 bridgehead atoms. The number of amides is 1. The lowest BCUT2D eigenvalue weighted by molar-refractivity contribution is 0.0917. The number of carbonyl (C=O) groups is 1. The van der Waals surface area contributed by atoms with E-state index in [9.17, 15) is 13.2 Å². The first-order chi connectivity index (χ1) is 9.40. The van der Waals surface area contributed by atoms with Gasteiger partial charge in [0.1, 0.15) is 0 Å². The number of hydrogen-bond donors (Lipinski definition) is 2. The number of carbonyl (C=O) groups excluding carboxylic acids is 1. The summed E-state index contributed by atoms with van der Waals surface area (Å²) < 4.78 is 29.1. The number of benzene rings is 1. The Balaban J connectivity index is 2.16. The number of rotatable bonds is 4. The van der Waals surface area contributed by atoms with Gasteiger partial charge in [-0.3, -0.25) is 10.2 Å². The van der Waals surface area contributed by atoms with Crippen molar-refractivity contribution in [2.75, 3.05) is 0 Å². The average molecular weight is 294 g/mol. The molecule has 20 heavy (non-hydrogen) atoms. The lowest BCUT2D eigenvalue weighted by Crippen LogP contribution is -2.41. The van der Waals surface area contributed by atoms with Gasteiger partial charge in [0.05, 0.1) is 11.2 Å². The van der Waals surface area contributed by atoms with Gasteiger partial charge in [-0.2, -0.15) is 0 Å². The van der Waals surface area contributed by atoms with Crippen LogP contribution in [0, 0.1) is 13.8 Å². The molecule has 1 aromatic carbocycles. The van der Waals surface area contributed by atoms with Crippen LogP contribution < -0.4 is 10.3 Å². The molecule has 1 aromatic heterocycles. The molecule has 2 rings (SSSR count). The van der Waals surface area contributed by atoms with E-state index in [0.717, 1.165) is 5.56 Å². The lowest BCUT2D eigenvalue weighted by Gasteiger charge is -2.10. The van der Waals surface area contributed by atoms with E-state index in [-0.39, 0.29) is 10.7 Å². The molecule has 0 atom stereocenters.